The second-order valence-corrected chi connectivity index (χ2v) is 12.7. The zero-order valence-corrected chi connectivity index (χ0v) is 29.2. The van der Waals surface area contributed by atoms with Crippen LogP contribution in [-0.2, 0) is 21.1 Å². The average Bonchev–Trinajstić information content (AvgIpc) is 3.77. The molecule has 7 heteroatoms. The van der Waals surface area contributed by atoms with Gasteiger partial charge in [-0.1, -0.05) is 113 Å². The van der Waals surface area contributed by atoms with E-state index in [1.165, 1.54) is 22.1 Å². The Bertz CT molecular complexity index is 2970. The second kappa shape index (κ2) is 11.5. The number of hydrogen-bond donors (Lipinski definition) is 0. The first-order chi connectivity index (χ1) is 24.8. The van der Waals surface area contributed by atoms with Crippen LogP contribution in [0.3, 0.4) is 0 Å². The topological polar surface area (TPSA) is 57.2 Å². The largest absolute Gasteiger partial charge is 2.00 e. The summed E-state index contributed by atoms with van der Waals surface area (Å²) in [5, 5.41) is 5.19. The monoisotopic (exact) mass is 834 g/mol. The summed E-state index contributed by atoms with van der Waals surface area (Å²) in [6, 6.07) is 51.1. The number of para-hydroxylation sites is 1. The molecule has 0 amide bonds. The quantitative estimate of drug-likeness (QED) is 0.131. The molecule has 242 valence electrons. The first-order valence-electron chi connectivity index (χ1n) is 16.6. The van der Waals surface area contributed by atoms with Crippen LogP contribution in [0.5, 0.6) is 11.5 Å². The van der Waals surface area contributed by atoms with Crippen molar-refractivity contribution < 1.29 is 25.8 Å². The first kappa shape index (κ1) is 29.8. The summed E-state index contributed by atoms with van der Waals surface area (Å²) in [7, 11) is 0. The predicted molar refractivity (Wildman–Crippen MR) is 197 cm³/mol. The van der Waals surface area contributed by atoms with Crippen LogP contribution in [-0.4, -0.2) is 23.9 Å². The standard InChI is InChI=1S/C44H25N5O.Pt/c1-3-10-27(11-4-1)38-26-48-42-34(16-8-22-45-42)31-20-18-29(24-37(31)44(48)47-38)50-30-19-21-32-33-14-7-15-35-40(28-12-5-2-6-13-28)36-17-9-23-46-43(36)49(41(33)35)39(32)25-30;/h1-23,26,40H;/q-2;+2. The van der Waals surface area contributed by atoms with Gasteiger partial charge in [0.1, 0.15) is 11.5 Å². The van der Waals surface area contributed by atoms with Crippen molar-refractivity contribution in [2.24, 2.45) is 0 Å². The SMILES string of the molecule is [Pt+2].[c-]1c(Oc2[c-]c3c(cc2)c2cccc4c2n3-c2ncccc2C4c2ccccc2)ccc2c1c1nc(-c3ccccc3)cn1c1ncccc21. The van der Waals surface area contributed by atoms with Gasteiger partial charge in [-0.3, -0.25) is 4.98 Å². The van der Waals surface area contributed by atoms with E-state index in [1.54, 1.807) is 0 Å². The first-order valence-corrected chi connectivity index (χ1v) is 16.6. The summed E-state index contributed by atoms with van der Waals surface area (Å²) in [6.45, 7) is 0. The molecule has 0 saturated carbocycles. The van der Waals surface area contributed by atoms with Crippen LogP contribution >= 0.6 is 0 Å². The number of nitrogens with zero attached hydrogens (tertiary/aromatic N) is 5. The van der Waals surface area contributed by atoms with Crippen molar-refractivity contribution in [2.45, 2.75) is 5.92 Å². The van der Waals surface area contributed by atoms with E-state index in [2.05, 4.69) is 106 Å². The fraction of sp³-hybridized carbons (Fsp3) is 0.0227. The maximum absolute atomic E-state index is 6.57. The molecule has 0 fully saturated rings. The van der Waals surface area contributed by atoms with Crippen LogP contribution in [0.1, 0.15) is 22.6 Å². The van der Waals surface area contributed by atoms with E-state index in [-0.39, 0.29) is 27.0 Å². The van der Waals surface area contributed by atoms with Crippen molar-refractivity contribution in [2.75, 3.05) is 0 Å². The third kappa shape index (κ3) is 4.43. The number of imidazole rings is 1. The maximum Gasteiger partial charge on any atom is 2.00 e. The molecule has 0 bridgehead atoms. The normalized spacial score (nSPS) is 13.5. The molecule has 10 aromatic rings. The van der Waals surface area contributed by atoms with Gasteiger partial charge in [0.05, 0.1) is 11.3 Å². The van der Waals surface area contributed by atoms with E-state index in [4.69, 9.17) is 19.7 Å². The molecule has 0 N–H and O–H groups in total. The van der Waals surface area contributed by atoms with Crippen molar-refractivity contribution >= 4 is 49.3 Å². The van der Waals surface area contributed by atoms with Crippen LogP contribution in [0.15, 0.2) is 146 Å². The summed E-state index contributed by atoms with van der Waals surface area (Å²) in [5.74, 6) is 2.18. The molecule has 1 aliphatic heterocycles. The van der Waals surface area contributed by atoms with Crippen molar-refractivity contribution in [1.29, 1.82) is 0 Å². The Hall–Kier alpha value is -6.10. The molecular weight excluding hydrogens is 810 g/mol. The van der Waals surface area contributed by atoms with Gasteiger partial charge in [0.2, 0.25) is 0 Å². The van der Waals surface area contributed by atoms with Gasteiger partial charge >= 0.3 is 21.1 Å². The van der Waals surface area contributed by atoms with Gasteiger partial charge in [-0.25, -0.2) is 9.97 Å². The molecule has 11 rings (SSSR count). The van der Waals surface area contributed by atoms with E-state index in [9.17, 15) is 0 Å². The third-order valence-corrected chi connectivity index (χ3v) is 9.93. The molecule has 0 spiro atoms. The predicted octanol–water partition coefficient (Wildman–Crippen LogP) is 10.1. The summed E-state index contributed by atoms with van der Waals surface area (Å²) < 4.78 is 10.9. The molecule has 6 heterocycles. The maximum atomic E-state index is 6.57. The summed E-state index contributed by atoms with van der Waals surface area (Å²) in [4.78, 5) is 14.8. The minimum atomic E-state index is 0. The number of aromatic nitrogens is 5. The van der Waals surface area contributed by atoms with E-state index >= 15 is 0 Å². The van der Waals surface area contributed by atoms with Gasteiger partial charge in [-0.15, -0.1) is 29.7 Å². The zero-order valence-electron chi connectivity index (χ0n) is 26.9. The van der Waals surface area contributed by atoms with Gasteiger partial charge < -0.3 is 13.7 Å². The van der Waals surface area contributed by atoms with Gasteiger partial charge in [0.15, 0.2) is 0 Å². The Kier molecular flexibility index (Phi) is 6.70. The molecule has 0 saturated heterocycles. The molecule has 5 aromatic heterocycles. The fourth-order valence-electron chi connectivity index (χ4n) is 7.81. The van der Waals surface area contributed by atoms with Crippen molar-refractivity contribution in [3.8, 4) is 28.6 Å². The van der Waals surface area contributed by atoms with Crippen molar-refractivity contribution in [1.82, 2.24) is 23.9 Å². The van der Waals surface area contributed by atoms with Crippen LogP contribution in [0, 0.1) is 12.1 Å². The molecule has 51 heavy (non-hydrogen) atoms. The number of pyridine rings is 3. The molecular formula is C44H25N5OPt. The zero-order chi connectivity index (χ0) is 32.8. The Balaban J connectivity index is 0.00000327. The smallest absolute Gasteiger partial charge is 0.503 e. The van der Waals surface area contributed by atoms with E-state index in [0.29, 0.717) is 11.5 Å². The number of benzene rings is 5. The number of ether oxygens (including phenoxy) is 1. The van der Waals surface area contributed by atoms with Crippen molar-refractivity contribution in [3.63, 3.8) is 0 Å². The number of fused-ring (bicyclic) bond motifs is 11. The molecule has 1 unspecified atom stereocenters. The molecule has 0 aliphatic carbocycles. The molecule has 1 aliphatic rings. The number of hydrogen-bond acceptors (Lipinski definition) is 4. The minimum Gasteiger partial charge on any atom is -0.503 e. The van der Waals surface area contributed by atoms with Gasteiger partial charge in [-0.05, 0) is 34.0 Å². The third-order valence-electron chi connectivity index (χ3n) is 9.93. The van der Waals surface area contributed by atoms with Gasteiger partial charge in [-0.2, -0.15) is 6.07 Å². The minimum absolute atomic E-state index is 0. The van der Waals surface area contributed by atoms with E-state index in [0.717, 1.165) is 60.9 Å². The summed E-state index contributed by atoms with van der Waals surface area (Å²) in [5.41, 5.74) is 9.30. The van der Waals surface area contributed by atoms with Gasteiger partial charge in [0, 0.05) is 52.7 Å². The van der Waals surface area contributed by atoms with E-state index < -0.39 is 0 Å². The average molecular weight is 835 g/mol. The van der Waals surface area contributed by atoms with Crippen molar-refractivity contribution in [3.05, 3.63) is 175 Å². The molecule has 6 nitrogen and oxygen atoms in total. The Morgan fingerprint density at radius 1 is 0.588 bits per heavy atom. The molecule has 0 radical (unpaired) electrons. The van der Waals surface area contributed by atoms with Crippen LogP contribution < -0.4 is 4.74 Å². The molecule has 1 atom stereocenters. The van der Waals surface area contributed by atoms with E-state index in [1.807, 2.05) is 61.1 Å². The summed E-state index contributed by atoms with van der Waals surface area (Å²) >= 11 is 0. The molecule has 5 aromatic carbocycles. The van der Waals surface area contributed by atoms with Gasteiger partial charge in [0.25, 0.3) is 0 Å². The summed E-state index contributed by atoms with van der Waals surface area (Å²) in [6.07, 6.45) is 5.74. The van der Waals surface area contributed by atoms with Crippen LogP contribution in [0.25, 0.3) is 66.3 Å². The van der Waals surface area contributed by atoms with Crippen LogP contribution in [0.4, 0.5) is 0 Å². The Morgan fingerprint density at radius 2 is 1.31 bits per heavy atom. The fourth-order valence-corrected chi connectivity index (χ4v) is 7.81. The van der Waals surface area contributed by atoms with Crippen LogP contribution in [0.2, 0.25) is 0 Å². The second-order valence-electron chi connectivity index (χ2n) is 12.7. The Morgan fingerprint density at radius 3 is 2.18 bits per heavy atom. The number of rotatable bonds is 4. The Labute approximate surface area is 306 Å².